The van der Waals surface area contributed by atoms with Gasteiger partial charge in [-0.25, -0.2) is 0 Å². The quantitative estimate of drug-likeness (QED) is 0.850. The van der Waals surface area contributed by atoms with E-state index in [-0.39, 0.29) is 0 Å². The zero-order valence-corrected chi connectivity index (χ0v) is 12.5. The van der Waals surface area contributed by atoms with Gasteiger partial charge in [-0.3, -0.25) is 0 Å². The van der Waals surface area contributed by atoms with Gasteiger partial charge in [0.05, 0.1) is 6.10 Å². The topological polar surface area (TPSA) is 23.5 Å². The molecule has 1 rings (SSSR count). The molecule has 0 aliphatic heterocycles. The van der Waals surface area contributed by atoms with Gasteiger partial charge in [0.15, 0.2) is 0 Å². The van der Waals surface area contributed by atoms with Crippen LogP contribution in [0.3, 0.4) is 0 Å². The highest BCUT2D eigenvalue weighted by Gasteiger charge is 2.16. The minimum atomic E-state index is -0.486. The average molecular weight is 270 g/mol. The highest BCUT2D eigenvalue weighted by atomic mass is 35.5. The molecule has 0 spiro atoms. The van der Waals surface area contributed by atoms with E-state index in [1.165, 1.54) is 0 Å². The number of aliphatic hydroxyl groups excluding tert-OH is 1. The summed E-state index contributed by atoms with van der Waals surface area (Å²) in [6, 6.07) is 8.01. The van der Waals surface area contributed by atoms with Crippen LogP contribution in [0, 0.1) is 5.92 Å². The first-order valence-electron chi connectivity index (χ1n) is 6.56. The van der Waals surface area contributed by atoms with Gasteiger partial charge in [-0.15, -0.1) is 0 Å². The van der Waals surface area contributed by atoms with Crippen LogP contribution < -0.4 is 0 Å². The fourth-order valence-electron chi connectivity index (χ4n) is 1.94. The number of aliphatic hydroxyl groups is 1. The molecule has 2 unspecified atom stereocenters. The summed E-state index contributed by atoms with van der Waals surface area (Å²) in [7, 11) is 2.10. The maximum Gasteiger partial charge on any atom is 0.0816 e. The summed E-state index contributed by atoms with van der Waals surface area (Å²) in [4.78, 5) is 2.28. The van der Waals surface area contributed by atoms with Crippen molar-refractivity contribution in [3.63, 3.8) is 0 Å². The molecule has 0 amide bonds. The van der Waals surface area contributed by atoms with Gasteiger partial charge in [0.25, 0.3) is 0 Å². The lowest BCUT2D eigenvalue weighted by atomic mass is 10.0. The van der Waals surface area contributed by atoms with E-state index < -0.39 is 6.10 Å². The van der Waals surface area contributed by atoms with Crippen LogP contribution >= 0.6 is 11.6 Å². The van der Waals surface area contributed by atoms with E-state index in [2.05, 4.69) is 32.7 Å². The summed E-state index contributed by atoms with van der Waals surface area (Å²) in [6.07, 6.45) is 0.220. The molecule has 2 atom stereocenters. The second kappa shape index (κ2) is 7.13. The number of halogens is 1. The Balaban J connectivity index is 2.51. The lowest BCUT2D eigenvalue weighted by Gasteiger charge is -2.28. The van der Waals surface area contributed by atoms with E-state index in [1.807, 2.05) is 24.3 Å². The van der Waals surface area contributed by atoms with Crippen LogP contribution in [-0.4, -0.2) is 29.6 Å². The average Bonchev–Trinajstić information content (AvgIpc) is 2.35. The van der Waals surface area contributed by atoms with Crippen molar-refractivity contribution in [1.82, 2.24) is 4.90 Å². The van der Waals surface area contributed by atoms with Gasteiger partial charge in [0, 0.05) is 17.6 Å². The third-order valence-electron chi connectivity index (χ3n) is 3.68. The maximum absolute atomic E-state index is 10.2. The van der Waals surface area contributed by atoms with E-state index in [9.17, 15) is 5.11 Å². The minimum absolute atomic E-state index is 0.486. The van der Waals surface area contributed by atoms with E-state index >= 15 is 0 Å². The summed E-state index contributed by atoms with van der Waals surface area (Å²) in [5.74, 6) is 0.618. The Bertz CT molecular complexity index is 367. The maximum atomic E-state index is 10.2. The fourth-order valence-corrected chi connectivity index (χ4v) is 2.20. The minimum Gasteiger partial charge on any atom is -0.388 e. The second-order valence-corrected chi connectivity index (χ2v) is 5.70. The predicted molar refractivity (Wildman–Crippen MR) is 78.0 cm³/mol. The van der Waals surface area contributed by atoms with Crippen molar-refractivity contribution in [3.8, 4) is 0 Å². The zero-order chi connectivity index (χ0) is 13.7. The summed E-state index contributed by atoms with van der Waals surface area (Å²) < 4.78 is 0. The summed E-state index contributed by atoms with van der Waals surface area (Å²) in [5.41, 5.74) is 0.824. The van der Waals surface area contributed by atoms with Gasteiger partial charge in [0.2, 0.25) is 0 Å². The molecule has 0 heterocycles. The fraction of sp³-hybridized carbons (Fsp3) is 0.600. The van der Waals surface area contributed by atoms with Crippen LogP contribution in [0.4, 0.5) is 0 Å². The molecule has 3 heteroatoms. The number of benzene rings is 1. The third-order valence-corrected chi connectivity index (χ3v) is 4.02. The Morgan fingerprint density at radius 1 is 1.22 bits per heavy atom. The molecule has 1 aromatic carbocycles. The number of hydrogen-bond acceptors (Lipinski definition) is 2. The van der Waals surface area contributed by atoms with Crippen LogP contribution in [0.2, 0.25) is 5.02 Å². The SMILES string of the molecule is CC(C)C(C)N(C)CCC(O)c1ccccc1Cl. The Morgan fingerprint density at radius 3 is 2.39 bits per heavy atom. The number of hydrogen-bond donors (Lipinski definition) is 1. The summed E-state index contributed by atoms with van der Waals surface area (Å²) in [6.45, 7) is 7.51. The number of nitrogens with zero attached hydrogens (tertiary/aromatic N) is 1. The third kappa shape index (κ3) is 4.27. The van der Waals surface area contributed by atoms with Crippen LogP contribution in [0.5, 0.6) is 0 Å². The predicted octanol–water partition coefficient (Wildman–Crippen LogP) is 3.74. The molecule has 2 nitrogen and oxygen atoms in total. The van der Waals surface area contributed by atoms with Crippen molar-refractivity contribution in [2.45, 2.75) is 39.3 Å². The lowest BCUT2D eigenvalue weighted by Crippen LogP contribution is -2.34. The van der Waals surface area contributed by atoms with Gasteiger partial charge in [0.1, 0.15) is 0 Å². The van der Waals surface area contributed by atoms with Crippen LogP contribution in [-0.2, 0) is 0 Å². The van der Waals surface area contributed by atoms with Gasteiger partial charge in [-0.1, -0.05) is 43.6 Å². The van der Waals surface area contributed by atoms with Crippen LogP contribution in [0.15, 0.2) is 24.3 Å². The van der Waals surface area contributed by atoms with Gasteiger partial charge in [-0.2, -0.15) is 0 Å². The molecular formula is C15H24ClNO. The lowest BCUT2D eigenvalue weighted by molar-refractivity contribution is 0.129. The van der Waals surface area contributed by atoms with Crippen molar-refractivity contribution in [2.75, 3.05) is 13.6 Å². The van der Waals surface area contributed by atoms with Crippen molar-refractivity contribution >= 4 is 11.6 Å². The van der Waals surface area contributed by atoms with Crippen molar-refractivity contribution in [3.05, 3.63) is 34.9 Å². The second-order valence-electron chi connectivity index (χ2n) is 5.29. The van der Waals surface area contributed by atoms with Crippen molar-refractivity contribution < 1.29 is 5.11 Å². The Hall–Kier alpha value is -0.570. The molecular weight excluding hydrogens is 246 g/mol. The van der Waals surface area contributed by atoms with Crippen LogP contribution in [0.25, 0.3) is 0 Å². The van der Waals surface area contributed by atoms with Crippen molar-refractivity contribution in [2.24, 2.45) is 5.92 Å². The normalized spacial score (nSPS) is 15.1. The van der Waals surface area contributed by atoms with Crippen LogP contribution in [0.1, 0.15) is 38.9 Å². The van der Waals surface area contributed by atoms with Crippen molar-refractivity contribution in [1.29, 1.82) is 0 Å². The Labute approximate surface area is 116 Å². The Morgan fingerprint density at radius 2 is 1.83 bits per heavy atom. The standard InChI is InChI=1S/C15H24ClNO/c1-11(2)12(3)17(4)10-9-15(18)13-7-5-6-8-14(13)16/h5-8,11-12,15,18H,9-10H2,1-4H3. The number of rotatable bonds is 6. The molecule has 0 fully saturated rings. The molecule has 0 aliphatic rings. The van der Waals surface area contributed by atoms with Gasteiger partial charge < -0.3 is 10.0 Å². The highest BCUT2D eigenvalue weighted by Crippen LogP contribution is 2.25. The highest BCUT2D eigenvalue weighted by molar-refractivity contribution is 6.31. The first-order chi connectivity index (χ1) is 8.43. The smallest absolute Gasteiger partial charge is 0.0816 e. The molecule has 18 heavy (non-hydrogen) atoms. The van der Waals surface area contributed by atoms with E-state index in [0.29, 0.717) is 23.4 Å². The first kappa shape index (κ1) is 15.5. The largest absolute Gasteiger partial charge is 0.388 e. The molecule has 0 radical (unpaired) electrons. The van der Waals surface area contributed by atoms with E-state index in [0.717, 1.165) is 12.1 Å². The van der Waals surface area contributed by atoms with Gasteiger partial charge >= 0.3 is 0 Å². The molecule has 0 aromatic heterocycles. The summed E-state index contributed by atoms with van der Waals surface area (Å²) >= 11 is 6.07. The monoisotopic (exact) mass is 269 g/mol. The molecule has 0 saturated carbocycles. The van der Waals surface area contributed by atoms with Gasteiger partial charge in [-0.05, 0) is 37.9 Å². The van der Waals surface area contributed by atoms with E-state index in [1.54, 1.807) is 0 Å². The molecule has 0 bridgehead atoms. The summed E-state index contributed by atoms with van der Waals surface area (Å²) in [5, 5.41) is 10.8. The first-order valence-corrected chi connectivity index (χ1v) is 6.94. The Kier molecular flexibility index (Phi) is 6.13. The molecule has 0 saturated heterocycles. The molecule has 0 aliphatic carbocycles. The molecule has 1 N–H and O–H groups in total. The molecule has 1 aromatic rings. The zero-order valence-electron chi connectivity index (χ0n) is 11.7. The van der Waals surface area contributed by atoms with E-state index in [4.69, 9.17) is 11.6 Å². The molecule has 102 valence electrons.